The van der Waals surface area contributed by atoms with Gasteiger partial charge < -0.3 is 14.6 Å². The van der Waals surface area contributed by atoms with Gasteiger partial charge >= 0.3 is 11.9 Å². The summed E-state index contributed by atoms with van der Waals surface area (Å²) in [5, 5.41) is 10.4. The lowest BCUT2D eigenvalue weighted by Crippen LogP contribution is -2.52. The molecule has 0 amide bonds. The van der Waals surface area contributed by atoms with Gasteiger partial charge in [-0.25, -0.2) is 0 Å². The van der Waals surface area contributed by atoms with Gasteiger partial charge in [-0.05, 0) is 112 Å². The van der Waals surface area contributed by atoms with E-state index in [4.69, 9.17) is 9.47 Å². The van der Waals surface area contributed by atoms with Gasteiger partial charge in [-0.15, -0.1) is 0 Å². The minimum atomic E-state index is -0.153. The number of aliphatic hydroxyl groups is 1. The van der Waals surface area contributed by atoms with Crippen LogP contribution in [0.1, 0.15) is 163 Å². The molecule has 1 N–H and O–H groups in total. The lowest BCUT2D eigenvalue weighted by atomic mass is 9.49. The molecule has 5 rings (SSSR count). The van der Waals surface area contributed by atoms with Crippen LogP contribution in [0.15, 0.2) is 0 Å². The maximum Gasteiger partial charge on any atom is 0.306 e. The molecule has 0 aromatic heterocycles. The number of hydrogen-bond acceptors (Lipinski definition) is 5. The zero-order valence-electron chi connectivity index (χ0n) is 27.8. The zero-order chi connectivity index (χ0) is 30.3. The first kappa shape index (κ1) is 33.8. The molecule has 0 radical (unpaired) electrons. The lowest BCUT2D eigenvalue weighted by Gasteiger charge is -2.57. The highest BCUT2D eigenvalue weighted by Crippen LogP contribution is 2.60. The van der Waals surface area contributed by atoms with Gasteiger partial charge in [0.05, 0.1) is 19.6 Å². The van der Waals surface area contributed by atoms with Crippen molar-refractivity contribution in [2.75, 3.05) is 19.8 Å². The van der Waals surface area contributed by atoms with Gasteiger partial charge in [-0.3, -0.25) is 9.59 Å². The average molecular weight is 589 g/mol. The SMILES string of the molecule is CCCCCC(CCCCC)CC(=O)OCC1(C)CC2CC(C)(CO)CC(COC(=O)CC34CCC(CC3)CC4)(C2)C1. The van der Waals surface area contributed by atoms with Gasteiger partial charge in [0, 0.05) is 23.9 Å². The number of aliphatic hydroxyl groups excluding tert-OH is 1. The molecule has 4 bridgehead atoms. The van der Waals surface area contributed by atoms with Crippen molar-refractivity contribution in [1.82, 2.24) is 0 Å². The van der Waals surface area contributed by atoms with Crippen LogP contribution in [-0.2, 0) is 19.1 Å². The lowest BCUT2D eigenvalue weighted by molar-refractivity contribution is -0.167. The smallest absolute Gasteiger partial charge is 0.306 e. The van der Waals surface area contributed by atoms with Gasteiger partial charge in [0.15, 0.2) is 0 Å². The summed E-state index contributed by atoms with van der Waals surface area (Å²) in [6.07, 6.45) is 22.8. The third kappa shape index (κ3) is 9.21. The molecule has 242 valence electrons. The third-order valence-electron chi connectivity index (χ3n) is 12.0. The van der Waals surface area contributed by atoms with E-state index < -0.39 is 0 Å². The minimum Gasteiger partial charge on any atom is -0.465 e. The van der Waals surface area contributed by atoms with Crippen LogP contribution in [0, 0.1) is 39.4 Å². The Morgan fingerprint density at radius 3 is 1.90 bits per heavy atom. The molecule has 0 saturated heterocycles. The summed E-state index contributed by atoms with van der Waals surface area (Å²) in [6, 6.07) is 0. The Balaban J connectivity index is 1.35. The first-order chi connectivity index (χ1) is 20.0. The van der Waals surface area contributed by atoms with Crippen LogP contribution in [0.3, 0.4) is 0 Å². The number of fused-ring (bicyclic) bond motifs is 5. The predicted octanol–water partition coefficient (Wildman–Crippen LogP) is 9.19. The van der Waals surface area contributed by atoms with Gasteiger partial charge in [0.2, 0.25) is 0 Å². The Morgan fingerprint density at radius 1 is 0.738 bits per heavy atom. The summed E-state index contributed by atoms with van der Waals surface area (Å²) in [5.41, 5.74) is -0.237. The highest BCUT2D eigenvalue weighted by Gasteiger charge is 2.54. The van der Waals surface area contributed by atoms with E-state index in [0.717, 1.165) is 50.9 Å². The zero-order valence-corrected chi connectivity index (χ0v) is 27.8. The minimum absolute atomic E-state index is 0.0200. The molecular weight excluding hydrogens is 524 g/mol. The molecule has 5 nitrogen and oxygen atoms in total. The van der Waals surface area contributed by atoms with E-state index in [1.165, 1.54) is 77.0 Å². The summed E-state index contributed by atoms with van der Waals surface area (Å²) >= 11 is 0. The van der Waals surface area contributed by atoms with Gasteiger partial charge in [0.1, 0.15) is 0 Å². The summed E-state index contributed by atoms with van der Waals surface area (Å²) < 4.78 is 12.3. The fraction of sp³-hybridized carbons (Fsp3) is 0.946. The van der Waals surface area contributed by atoms with E-state index in [9.17, 15) is 14.7 Å². The third-order valence-corrected chi connectivity index (χ3v) is 12.0. The molecule has 0 aliphatic heterocycles. The monoisotopic (exact) mass is 588 g/mol. The molecule has 5 saturated carbocycles. The molecule has 0 aromatic rings. The molecule has 5 heteroatoms. The van der Waals surface area contributed by atoms with Crippen LogP contribution in [0.2, 0.25) is 0 Å². The van der Waals surface area contributed by atoms with Crippen LogP contribution in [0.4, 0.5) is 0 Å². The Labute approximate surface area is 257 Å². The van der Waals surface area contributed by atoms with E-state index in [1.807, 2.05) is 0 Å². The summed E-state index contributed by atoms with van der Waals surface area (Å²) in [4.78, 5) is 26.4. The predicted molar refractivity (Wildman–Crippen MR) is 169 cm³/mol. The molecule has 5 aliphatic rings. The highest BCUT2D eigenvalue weighted by molar-refractivity contribution is 5.70. The van der Waals surface area contributed by atoms with Crippen LogP contribution >= 0.6 is 0 Å². The van der Waals surface area contributed by atoms with Gasteiger partial charge in [-0.1, -0.05) is 66.2 Å². The Hall–Kier alpha value is -1.10. The average Bonchev–Trinajstić information content (AvgIpc) is 2.95. The van der Waals surface area contributed by atoms with Crippen molar-refractivity contribution < 1.29 is 24.2 Å². The molecule has 0 spiro atoms. The fourth-order valence-corrected chi connectivity index (χ4v) is 10.2. The largest absolute Gasteiger partial charge is 0.465 e. The van der Waals surface area contributed by atoms with Gasteiger partial charge in [-0.2, -0.15) is 0 Å². The van der Waals surface area contributed by atoms with Crippen molar-refractivity contribution in [1.29, 1.82) is 0 Å². The number of unbranched alkanes of at least 4 members (excludes halogenated alkanes) is 4. The number of carbonyl (C=O) groups excluding carboxylic acids is 2. The normalized spacial score (nSPS) is 35.8. The molecule has 0 aromatic carbocycles. The van der Waals surface area contributed by atoms with Gasteiger partial charge in [0.25, 0.3) is 0 Å². The number of ether oxygens (including phenoxy) is 2. The van der Waals surface area contributed by atoms with Crippen LogP contribution < -0.4 is 0 Å². The number of esters is 2. The van der Waals surface area contributed by atoms with Crippen molar-refractivity contribution in [2.45, 2.75) is 163 Å². The summed E-state index contributed by atoms with van der Waals surface area (Å²) in [5.74, 6) is 1.72. The quantitative estimate of drug-likeness (QED) is 0.135. The van der Waals surface area contributed by atoms with E-state index in [2.05, 4.69) is 27.7 Å². The second kappa shape index (κ2) is 14.8. The number of rotatable bonds is 17. The molecule has 5 aliphatic carbocycles. The molecule has 42 heavy (non-hydrogen) atoms. The Bertz CT molecular complexity index is 854. The number of hydrogen-bond donors (Lipinski definition) is 1. The summed E-state index contributed by atoms with van der Waals surface area (Å²) in [6.45, 7) is 10.0. The number of carbonyl (C=O) groups is 2. The van der Waals surface area contributed by atoms with E-state index in [0.29, 0.717) is 37.9 Å². The van der Waals surface area contributed by atoms with Crippen LogP contribution in [0.25, 0.3) is 0 Å². The van der Waals surface area contributed by atoms with Crippen molar-refractivity contribution in [3.8, 4) is 0 Å². The molecular formula is C37H64O5. The maximum atomic E-state index is 13.3. The standard InChI is InChI=1S/C37H64O5/c1-5-7-9-11-30(12-10-8-6-2)19-32(39)41-27-35(4)21-31-20-34(3,26-38)24-37(22-31,25-35)28-42-33(40)23-36-16-13-29(14-17-36)15-18-36/h29-31,38H,5-28H2,1-4H3. The van der Waals surface area contributed by atoms with Crippen molar-refractivity contribution >= 4 is 11.9 Å². The molecule has 0 heterocycles. The molecule has 5 fully saturated rings. The van der Waals surface area contributed by atoms with Crippen LogP contribution in [0.5, 0.6) is 0 Å². The summed E-state index contributed by atoms with van der Waals surface area (Å²) in [7, 11) is 0. The first-order valence-corrected chi connectivity index (χ1v) is 18.0. The maximum absolute atomic E-state index is 13.3. The second-order valence-corrected chi connectivity index (χ2v) is 16.7. The van der Waals surface area contributed by atoms with E-state index >= 15 is 0 Å². The van der Waals surface area contributed by atoms with Crippen molar-refractivity contribution in [3.05, 3.63) is 0 Å². The van der Waals surface area contributed by atoms with E-state index in [-0.39, 0.29) is 40.2 Å². The highest BCUT2D eigenvalue weighted by atomic mass is 16.5. The van der Waals surface area contributed by atoms with Crippen molar-refractivity contribution in [3.63, 3.8) is 0 Å². The molecule has 4 unspecified atom stereocenters. The Morgan fingerprint density at radius 2 is 1.31 bits per heavy atom. The Kier molecular flexibility index (Phi) is 11.9. The fourth-order valence-electron chi connectivity index (χ4n) is 10.2. The van der Waals surface area contributed by atoms with E-state index in [1.54, 1.807) is 0 Å². The van der Waals surface area contributed by atoms with Crippen LogP contribution in [-0.4, -0.2) is 36.9 Å². The first-order valence-electron chi connectivity index (χ1n) is 18.0. The molecule has 4 atom stereocenters. The topological polar surface area (TPSA) is 72.8 Å². The van der Waals surface area contributed by atoms with Crippen molar-refractivity contribution in [2.24, 2.45) is 39.4 Å². The second-order valence-electron chi connectivity index (χ2n) is 16.7.